The van der Waals surface area contributed by atoms with Gasteiger partial charge in [0.15, 0.2) is 11.6 Å². The Hall–Kier alpha value is -2.60. The molecule has 25 heavy (non-hydrogen) atoms. The van der Waals surface area contributed by atoms with Crippen LogP contribution in [0.2, 0.25) is 0 Å². The van der Waals surface area contributed by atoms with Crippen molar-refractivity contribution >= 4 is 17.6 Å². The first-order chi connectivity index (χ1) is 12.1. The Morgan fingerprint density at radius 1 is 1.08 bits per heavy atom. The minimum absolute atomic E-state index is 0.481. The first kappa shape index (κ1) is 17.2. The summed E-state index contributed by atoms with van der Waals surface area (Å²) in [6, 6.07) is 11.8. The van der Waals surface area contributed by atoms with Gasteiger partial charge >= 0.3 is 0 Å². The summed E-state index contributed by atoms with van der Waals surface area (Å²) in [5, 5.41) is 6.43. The fourth-order valence-electron chi connectivity index (χ4n) is 2.29. The van der Waals surface area contributed by atoms with E-state index in [9.17, 15) is 8.78 Å². The minimum Gasteiger partial charge on any atom is -0.258 e. The molecule has 0 saturated heterocycles. The molecule has 0 fully saturated rings. The third-order valence-corrected chi connectivity index (χ3v) is 4.45. The second-order valence-corrected chi connectivity index (χ2v) is 6.31. The predicted octanol–water partition coefficient (Wildman–Crippen LogP) is 4.61. The summed E-state index contributed by atoms with van der Waals surface area (Å²) in [4.78, 5) is 5.20. The number of thiazole rings is 1. The maximum atomic E-state index is 13.4. The molecule has 128 valence electrons. The minimum atomic E-state index is -0.892. The smallest absolute Gasteiger partial charge is 0.206 e. The summed E-state index contributed by atoms with van der Waals surface area (Å²) < 4.78 is 28.1. The lowest BCUT2D eigenvalue weighted by atomic mass is 10.1. The molecule has 3 rings (SSSR count). The van der Waals surface area contributed by atoms with Crippen LogP contribution in [0.3, 0.4) is 0 Å². The highest BCUT2D eigenvalue weighted by molar-refractivity contribution is 7.07. The van der Waals surface area contributed by atoms with E-state index in [1.165, 1.54) is 29.2 Å². The number of rotatable bonds is 4. The maximum Gasteiger partial charge on any atom is 0.206 e. The van der Waals surface area contributed by atoms with Crippen LogP contribution in [0.1, 0.15) is 18.1 Å². The van der Waals surface area contributed by atoms with Gasteiger partial charge in [0, 0.05) is 17.5 Å². The van der Waals surface area contributed by atoms with E-state index in [1.807, 2.05) is 43.5 Å². The molecular weight excluding hydrogens is 340 g/mol. The number of hydrogen-bond acceptors (Lipinski definition) is 3. The SMILES string of the molecule is CCN=c1scc(-c2ccc(C)cc2)n1N=Cc1ccc(F)c(F)c1. The molecule has 1 heterocycles. The van der Waals surface area contributed by atoms with Gasteiger partial charge in [-0.2, -0.15) is 5.10 Å². The standard InChI is InChI=1S/C19H17F2N3S/c1-3-22-19-24(23-11-14-6-9-16(20)17(21)10-14)18(12-25-19)15-7-4-13(2)5-8-15/h4-12H,3H2,1-2H3. The summed E-state index contributed by atoms with van der Waals surface area (Å²) in [7, 11) is 0. The molecule has 0 bridgehead atoms. The Morgan fingerprint density at radius 3 is 2.52 bits per heavy atom. The molecule has 0 unspecified atom stereocenters. The van der Waals surface area contributed by atoms with Gasteiger partial charge < -0.3 is 0 Å². The van der Waals surface area contributed by atoms with Gasteiger partial charge in [-0.3, -0.25) is 4.99 Å². The third kappa shape index (κ3) is 3.91. The van der Waals surface area contributed by atoms with Gasteiger partial charge in [0.05, 0.1) is 11.9 Å². The molecule has 0 radical (unpaired) electrons. The van der Waals surface area contributed by atoms with Crippen LogP contribution in [0.5, 0.6) is 0 Å². The van der Waals surface area contributed by atoms with Crippen LogP contribution in [-0.4, -0.2) is 17.4 Å². The quantitative estimate of drug-likeness (QED) is 0.611. The third-order valence-electron chi connectivity index (χ3n) is 3.59. The number of aryl methyl sites for hydroxylation is 1. The monoisotopic (exact) mass is 357 g/mol. The number of aromatic nitrogens is 1. The van der Waals surface area contributed by atoms with Crippen molar-refractivity contribution in [1.29, 1.82) is 0 Å². The van der Waals surface area contributed by atoms with Gasteiger partial charge in [0.1, 0.15) is 0 Å². The van der Waals surface area contributed by atoms with Gasteiger partial charge in [-0.25, -0.2) is 13.5 Å². The maximum absolute atomic E-state index is 13.4. The molecule has 3 aromatic rings. The zero-order chi connectivity index (χ0) is 17.8. The lowest BCUT2D eigenvalue weighted by Crippen LogP contribution is -2.12. The Kier molecular flexibility index (Phi) is 5.19. The zero-order valence-corrected chi connectivity index (χ0v) is 14.7. The summed E-state index contributed by atoms with van der Waals surface area (Å²) in [6.07, 6.45) is 1.50. The fraction of sp³-hybridized carbons (Fsp3) is 0.158. The number of hydrogen-bond donors (Lipinski definition) is 0. The second kappa shape index (κ2) is 7.53. The molecule has 0 aliphatic carbocycles. The van der Waals surface area contributed by atoms with Gasteiger partial charge in [0.25, 0.3) is 0 Å². The summed E-state index contributed by atoms with van der Waals surface area (Å²) in [5.41, 5.74) is 3.57. The molecule has 6 heteroatoms. The molecular formula is C19H17F2N3S. The number of nitrogens with zero attached hydrogens (tertiary/aromatic N) is 3. The molecule has 0 N–H and O–H groups in total. The lowest BCUT2D eigenvalue weighted by molar-refractivity contribution is 0.508. The molecule has 0 amide bonds. The highest BCUT2D eigenvalue weighted by atomic mass is 32.1. The van der Waals surface area contributed by atoms with E-state index in [2.05, 4.69) is 10.1 Å². The highest BCUT2D eigenvalue weighted by Crippen LogP contribution is 2.20. The Balaban J connectivity index is 2.05. The van der Waals surface area contributed by atoms with Crippen molar-refractivity contribution in [3.05, 3.63) is 75.4 Å². The van der Waals surface area contributed by atoms with E-state index < -0.39 is 11.6 Å². The molecule has 0 aliphatic heterocycles. The van der Waals surface area contributed by atoms with Crippen molar-refractivity contribution in [2.45, 2.75) is 13.8 Å². The number of halogens is 2. The normalized spacial score (nSPS) is 12.2. The van der Waals surface area contributed by atoms with Crippen molar-refractivity contribution in [1.82, 2.24) is 4.68 Å². The van der Waals surface area contributed by atoms with E-state index in [4.69, 9.17) is 0 Å². The van der Waals surface area contributed by atoms with Crippen molar-refractivity contribution in [3.8, 4) is 11.3 Å². The van der Waals surface area contributed by atoms with Crippen LogP contribution in [0.4, 0.5) is 8.78 Å². The Morgan fingerprint density at radius 2 is 1.84 bits per heavy atom. The van der Waals surface area contributed by atoms with Gasteiger partial charge in [0.2, 0.25) is 4.80 Å². The predicted molar refractivity (Wildman–Crippen MR) is 97.9 cm³/mol. The first-order valence-corrected chi connectivity index (χ1v) is 8.74. The summed E-state index contributed by atoms with van der Waals surface area (Å²) >= 11 is 1.49. The van der Waals surface area contributed by atoms with Crippen LogP contribution in [0.15, 0.2) is 57.9 Å². The van der Waals surface area contributed by atoms with Gasteiger partial charge in [-0.1, -0.05) is 35.9 Å². The Labute approximate surface area is 148 Å². The van der Waals surface area contributed by atoms with Crippen LogP contribution < -0.4 is 4.80 Å². The first-order valence-electron chi connectivity index (χ1n) is 7.86. The van der Waals surface area contributed by atoms with Crippen molar-refractivity contribution in [2.24, 2.45) is 10.1 Å². The summed E-state index contributed by atoms with van der Waals surface area (Å²) in [6.45, 7) is 4.62. The van der Waals surface area contributed by atoms with E-state index >= 15 is 0 Å². The van der Waals surface area contributed by atoms with Crippen LogP contribution in [0.25, 0.3) is 11.3 Å². The van der Waals surface area contributed by atoms with Crippen molar-refractivity contribution in [3.63, 3.8) is 0 Å². The molecule has 1 aromatic heterocycles. The Bertz CT molecular complexity index is 969. The molecule has 0 spiro atoms. The fourth-order valence-corrected chi connectivity index (χ4v) is 3.20. The average Bonchev–Trinajstić information content (AvgIpc) is 3.00. The van der Waals surface area contributed by atoms with E-state index in [-0.39, 0.29) is 0 Å². The van der Waals surface area contributed by atoms with Gasteiger partial charge in [-0.15, -0.1) is 11.3 Å². The van der Waals surface area contributed by atoms with E-state index in [0.717, 1.165) is 28.2 Å². The molecule has 2 aromatic carbocycles. The van der Waals surface area contributed by atoms with E-state index in [0.29, 0.717) is 12.1 Å². The molecule has 0 saturated carbocycles. The second-order valence-electron chi connectivity index (χ2n) is 5.47. The van der Waals surface area contributed by atoms with Crippen molar-refractivity contribution < 1.29 is 8.78 Å². The topological polar surface area (TPSA) is 29.6 Å². The van der Waals surface area contributed by atoms with Crippen LogP contribution in [0, 0.1) is 18.6 Å². The molecule has 0 aliphatic rings. The van der Waals surface area contributed by atoms with Crippen molar-refractivity contribution in [2.75, 3.05) is 6.54 Å². The summed E-state index contributed by atoms with van der Waals surface area (Å²) in [5.74, 6) is -1.76. The van der Waals surface area contributed by atoms with E-state index in [1.54, 1.807) is 4.68 Å². The lowest BCUT2D eigenvalue weighted by Gasteiger charge is -2.04. The highest BCUT2D eigenvalue weighted by Gasteiger charge is 2.07. The van der Waals surface area contributed by atoms with Crippen LogP contribution in [-0.2, 0) is 0 Å². The average molecular weight is 357 g/mol. The molecule has 3 nitrogen and oxygen atoms in total. The molecule has 0 atom stereocenters. The largest absolute Gasteiger partial charge is 0.258 e. The van der Waals surface area contributed by atoms with Crippen LogP contribution >= 0.6 is 11.3 Å². The zero-order valence-electron chi connectivity index (χ0n) is 13.9. The van der Waals surface area contributed by atoms with Gasteiger partial charge in [-0.05, 0) is 31.5 Å². The number of benzene rings is 2.